The molecule has 0 fully saturated rings. The minimum Gasteiger partial charge on any atom is -0.348 e. The highest BCUT2D eigenvalue weighted by Gasteiger charge is 2.22. The van der Waals surface area contributed by atoms with Crippen LogP contribution in [-0.4, -0.2) is 16.9 Å². The number of carbonyl (C=O) groups excluding carboxylic acids is 2. The number of thiocarbonyl (C=S) groups is 1. The first-order valence-corrected chi connectivity index (χ1v) is 8.72. The Bertz CT molecular complexity index is 798. The average Bonchev–Trinajstić information content (AvgIpc) is 2.60. The second-order valence-electron chi connectivity index (χ2n) is 6.87. The second kappa shape index (κ2) is 8.58. The number of carbonyl (C=O) groups is 2. The van der Waals surface area contributed by atoms with E-state index in [2.05, 4.69) is 16.0 Å². The number of benzene rings is 2. The summed E-state index contributed by atoms with van der Waals surface area (Å²) < 4.78 is 0. The fourth-order valence-corrected chi connectivity index (χ4v) is 2.31. The summed E-state index contributed by atoms with van der Waals surface area (Å²) in [5.41, 5.74) is 1.45. The summed E-state index contributed by atoms with van der Waals surface area (Å²) in [7, 11) is 0. The molecule has 0 saturated heterocycles. The molecule has 0 unspecified atom stereocenters. The average molecular weight is 369 g/mol. The molecule has 0 aliphatic rings. The molecule has 0 heterocycles. The Morgan fingerprint density at radius 1 is 0.962 bits per heavy atom. The summed E-state index contributed by atoms with van der Waals surface area (Å²) in [4.78, 5) is 24.5. The summed E-state index contributed by atoms with van der Waals surface area (Å²) >= 11 is 5.19. The number of rotatable bonds is 4. The molecule has 2 amide bonds. The van der Waals surface area contributed by atoms with Gasteiger partial charge in [-0.2, -0.15) is 0 Å². The number of hydrogen-bond donors (Lipinski definition) is 3. The maximum atomic E-state index is 12.5. The first-order valence-electron chi connectivity index (χ1n) is 8.31. The molecule has 2 rings (SSSR count). The Kier molecular flexibility index (Phi) is 6.46. The van der Waals surface area contributed by atoms with Crippen molar-refractivity contribution in [2.45, 2.75) is 27.3 Å². The van der Waals surface area contributed by atoms with Crippen molar-refractivity contribution in [1.82, 2.24) is 10.6 Å². The van der Waals surface area contributed by atoms with Crippen LogP contribution in [0.5, 0.6) is 0 Å². The third-order valence-electron chi connectivity index (χ3n) is 3.62. The number of para-hydroxylation sites is 1. The second-order valence-corrected chi connectivity index (χ2v) is 7.28. The van der Waals surface area contributed by atoms with E-state index in [-0.39, 0.29) is 16.9 Å². The van der Waals surface area contributed by atoms with Gasteiger partial charge in [-0.25, -0.2) is 0 Å². The highest BCUT2D eigenvalue weighted by atomic mass is 32.1. The standard InChI is InChI=1S/C20H23N3O2S/c1-20(2,3)18(25)23-19(26)22-16-12-8-7-11-15(16)17(24)21-13-14-9-5-4-6-10-14/h4-12H,13H2,1-3H3,(H,21,24)(H2,22,23,25,26). The molecule has 2 aromatic carbocycles. The van der Waals surface area contributed by atoms with E-state index in [9.17, 15) is 9.59 Å². The van der Waals surface area contributed by atoms with Crippen LogP contribution in [-0.2, 0) is 11.3 Å². The van der Waals surface area contributed by atoms with Gasteiger partial charge in [0.2, 0.25) is 5.91 Å². The molecule has 136 valence electrons. The van der Waals surface area contributed by atoms with Crippen LogP contribution in [0.25, 0.3) is 0 Å². The van der Waals surface area contributed by atoms with Crippen molar-refractivity contribution in [3.05, 3.63) is 65.7 Å². The molecule has 0 bridgehead atoms. The van der Waals surface area contributed by atoms with Gasteiger partial charge in [-0.3, -0.25) is 9.59 Å². The predicted molar refractivity (Wildman–Crippen MR) is 108 cm³/mol. The van der Waals surface area contributed by atoms with Crippen molar-refractivity contribution >= 4 is 34.8 Å². The molecule has 0 radical (unpaired) electrons. The molecule has 5 nitrogen and oxygen atoms in total. The van der Waals surface area contributed by atoms with Crippen molar-refractivity contribution in [2.75, 3.05) is 5.32 Å². The topological polar surface area (TPSA) is 70.2 Å². The first-order chi connectivity index (χ1) is 12.3. The molecule has 3 N–H and O–H groups in total. The van der Waals surface area contributed by atoms with Crippen molar-refractivity contribution in [3.63, 3.8) is 0 Å². The normalized spacial score (nSPS) is 10.7. The minimum absolute atomic E-state index is 0.160. The van der Waals surface area contributed by atoms with E-state index in [0.717, 1.165) is 5.56 Å². The lowest BCUT2D eigenvalue weighted by molar-refractivity contribution is -0.126. The van der Waals surface area contributed by atoms with Gasteiger partial charge in [0, 0.05) is 12.0 Å². The van der Waals surface area contributed by atoms with Gasteiger partial charge in [0.1, 0.15) is 0 Å². The van der Waals surface area contributed by atoms with Gasteiger partial charge in [-0.05, 0) is 29.9 Å². The molecule has 0 saturated carbocycles. The molecule has 0 spiro atoms. The zero-order chi connectivity index (χ0) is 19.2. The van der Waals surface area contributed by atoms with Crippen LogP contribution in [0.2, 0.25) is 0 Å². The van der Waals surface area contributed by atoms with E-state index in [1.165, 1.54) is 0 Å². The molecule has 0 aliphatic heterocycles. The molecule has 6 heteroatoms. The predicted octanol–water partition coefficient (Wildman–Crippen LogP) is 3.48. The van der Waals surface area contributed by atoms with Gasteiger partial charge < -0.3 is 16.0 Å². The highest BCUT2D eigenvalue weighted by Crippen LogP contribution is 2.16. The van der Waals surface area contributed by atoms with Crippen LogP contribution in [0.1, 0.15) is 36.7 Å². The third-order valence-corrected chi connectivity index (χ3v) is 3.83. The molecular weight excluding hydrogens is 346 g/mol. The smallest absolute Gasteiger partial charge is 0.253 e. The minimum atomic E-state index is -0.557. The third kappa shape index (κ3) is 5.67. The van der Waals surface area contributed by atoms with E-state index >= 15 is 0 Å². The van der Waals surface area contributed by atoms with Crippen LogP contribution < -0.4 is 16.0 Å². The molecule has 2 aromatic rings. The van der Waals surface area contributed by atoms with Gasteiger partial charge in [-0.1, -0.05) is 63.2 Å². The lowest BCUT2D eigenvalue weighted by Gasteiger charge is -2.19. The zero-order valence-electron chi connectivity index (χ0n) is 15.1. The number of amides is 2. The van der Waals surface area contributed by atoms with Gasteiger partial charge in [0.15, 0.2) is 5.11 Å². The maximum absolute atomic E-state index is 12.5. The number of anilines is 1. The van der Waals surface area contributed by atoms with Gasteiger partial charge >= 0.3 is 0 Å². The van der Waals surface area contributed by atoms with Crippen molar-refractivity contribution in [1.29, 1.82) is 0 Å². The van der Waals surface area contributed by atoms with Crippen molar-refractivity contribution < 1.29 is 9.59 Å². The largest absolute Gasteiger partial charge is 0.348 e. The lowest BCUT2D eigenvalue weighted by atomic mass is 9.96. The molecular formula is C20H23N3O2S. The van der Waals surface area contributed by atoms with Gasteiger partial charge in [0.05, 0.1) is 11.3 Å². The fourth-order valence-electron chi connectivity index (χ4n) is 2.11. The van der Waals surface area contributed by atoms with Crippen molar-refractivity contribution in [3.8, 4) is 0 Å². The quantitative estimate of drug-likeness (QED) is 0.722. The van der Waals surface area contributed by atoms with E-state index in [1.54, 1.807) is 45.0 Å². The first kappa shape index (κ1) is 19.6. The van der Waals surface area contributed by atoms with Gasteiger partial charge in [-0.15, -0.1) is 0 Å². The van der Waals surface area contributed by atoms with Crippen LogP contribution >= 0.6 is 12.2 Å². The van der Waals surface area contributed by atoms with Crippen molar-refractivity contribution in [2.24, 2.45) is 5.41 Å². The van der Waals surface area contributed by atoms with E-state index in [1.807, 2.05) is 30.3 Å². The molecule has 0 atom stereocenters. The Morgan fingerprint density at radius 3 is 2.23 bits per heavy atom. The molecule has 0 aromatic heterocycles. The fraction of sp³-hybridized carbons (Fsp3) is 0.250. The Morgan fingerprint density at radius 2 is 1.58 bits per heavy atom. The van der Waals surface area contributed by atoms with E-state index in [0.29, 0.717) is 17.8 Å². The summed E-state index contributed by atoms with van der Waals surface area (Å²) in [6, 6.07) is 16.7. The summed E-state index contributed by atoms with van der Waals surface area (Å²) in [6.07, 6.45) is 0. The number of nitrogens with one attached hydrogen (secondary N) is 3. The molecule has 26 heavy (non-hydrogen) atoms. The van der Waals surface area contributed by atoms with E-state index < -0.39 is 5.41 Å². The summed E-state index contributed by atoms with van der Waals surface area (Å²) in [5.74, 6) is -0.414. The van der Waals surface area contributed by atoms with Gasteiger partial charge in [0.25, 0.3) is 5.91 Å². The zero-order valence-corrected chi connectivity index (χ0v) is 15.9. The summed E-state index contributed by atoms with van der Waals surface area (Å²) in [5, 5.41) is 8.62. The highest BCUT2D eigenvalue weighted by molar-refractivity contribution is 7.80. The maximum Gasteiger partial charge on any atom is 0.253 e. The van der Waals surface area contributed by atoms with Crippen LogP contribution in [0.3, 0.4) is 0 Å². The van der Waals surface area contributed by atoms with E-state index in [4.69, 9.17) is 12.2 Å². The SMILES string of the molecule is CC(C)(C)C(=O)NC(=S)Nc1ccccc1C(=O)NCc1ccccc1. The Balaban J connectivity index is 2.03. The van der Waals surface area contributed by atoms with Crippen LogP contribution in [0.4, 0.5) is 5.69 Å². The monoisotopic (exact) mass is 369 g/mol. The molecule has 0 aliphatic carbocycles. The number of hydrogen-bond acceptors (Lipinski definition) is 3. The Hall–Kier alpha value is -2.73. The Labute approximate surface area is 159 Å². The van der Waals surface area contributed by atoms with Crippen LogP contribution in [0.15, 0.2) is 54.6 Å². The summed E-state index contributed by atoms with van der Waals surface area (Å²) in [6.45, 7) is 5.83. The lowest BCUT2D eigenvalue weighted by Crippen LogP contribution is -2.41. The van der Waals surface area contributed by atoms with Crippen LogP contribution in [0, 0.1) is 5.41 Å².